The number of nitrogens with zero attached hydrogens (tertiary/aromatic N) is 1. The molecule has 0 atom stereocenters. The summed E-state index contributed by atoms with van der Waals surface area (Å²) in [6, 6.07) is 3.51. The fourth-order valence-electron chi connectivity index (χ4n) is 2.41. The van der Waals surface area contributed by atoms with E-state index in [1.54, 1.807) is 18.3 Å². The lowest BCUT2D eigenvalue weighted by atomic mass is 9.98. The molecule has 0 spiro atoms. The Labute approximate surface area is 101 Å². The maximum atomic E-state index is 12.1. The van der Waals surface area contributed by atoms with Crippen LogP contribution in [-0.4, -0.2) is 28.1 Å². The first kappa shape index (κ1) is 12.0. The van der Waals surface area contributed by atoms with Crippen molar-refractivity contribution >= 4 is 5.91 Å². The van der Waals surface area contributed by atoms with E-state index in [2.05, 4.69) is 10.3 Å². The van der Waals surface area contributed by atoms with Crippen molar-refractivity contribution in [3.63, 3.8) is 0 Å². The molecule has 4 nitrogen and oxygen atoms in total. The Morgan fingerprint density at radius 2 is 2.24 bits per heavy atom. The van der Waals surface area contributed by atoms with Gasteiger partial charge in [-0.3, -0.25) is 9.78 Å². The molecule has 1 heterocycles. The molecule has 1 fully saturated rings. The monoisotopic (exact) mass is 234 g/mol. The Morgan fingerprint density at radius 3 is 2.82 bits per heavy atom. The number of rotatable bonds is 3. The molecule has 0 aromatic carbocycles. The van der Waals surface area contributed by atoms with Crippen LogP contribution in [0.3, 0.4) is 0 Å². The number of aliphatic hydroxyl groups excluding tert-OH is 1. The topological polar surface area (TPSA) is 62.2 Å². The molecule has 4 heteroatoms. The lowest BCUT2D eigenvalue weighted by Gasteiger charge is -2.28. The Morgan fingerprint density at radius 1 is 1.53 bits per heavy atom. The number of hydrogen-bond donors (Lipinski definition) is 2. The van der Waals surface area contributed by atoms with Crippen LogP contribution in [0.5, 0.6) is 0 Å². The molecule has 1 aromatic heterocycles. The largest absolute Gasteiger partial charge is 0.394 e. The highest BCUT2D eigenvalue weighted by Gasteiger charge is 2.35. The van der Waals surface area contributed by atoms with Gasteiger partial charge in [0.1, 0.15) is 0 Å². The smallest absolute Gasteiger partial charge is 0.253 e. The van der Waals surface area contributed by atoms with Gasteiger partial charge in [0.2, 0.25) is 0 Å². The van der Waals surface area contributed by atoms with Gasteiger partial charge in [-0.05, 0) is 31.9 Å². The average Bonchev–Trinajstić information content (AvgIpc) is 2.79. The zero-order valence-electron chi connectivity index (χ0n) is 10.1. The lowest BCUT2D eigenvalue weighted by Crippen LogP contribution is -2.49. The minimum atomic E-state index is -0.417. The highest BCUT2D eigenvalue weighted by molar-refractivity contribution is 5.95. The molecule has 17 heavy (non-hydrogen) atoms. The third-order valence-electron chi connectivity index (χ3n) is 3.49. The molecule has 0 bridgehead atoms. The van der Waals surface area contributed by atoms with E-state index in [1.807, 2.05) is 6.92 Å². The lowest BCUT2D eigenvalue weighted by molar-refractivity contribution is 0.0837. The van der Waals surface area contributed by atoms with Gasteiger partial charge in [0, 0.05) is 11.9 Å². The minimum Gasteiger partial charge on any atom is -0.394 e. The number of amides is 1. The maximum absolute atomic E-state index is 12.1. The third kappa shape index (κ3) is 2.47. The van der Waals surface area contributed by atoms with E-state index in [1.165, 1.54) is 0 Å². The molecule has 92 valence electrons. The molecular formula is C13H18N2O2. The molecule has 2 rings (SSSR count). The number of carbonyl (C=O) groups is 1. The van der Waals surface area contributed by atoms with Crippen LogP contribution in [0.15, 0.2) is 18.3 Å². The quantitative estimate of drug-likeness (QED) is 0.831. The van der Waals surface area contributed by atoms with Crippen LogP contribution in [0.2, 0.25) is 0 Å². The average molecular weight is 234 g/mol. The summed E-state index contributed by atoms with van der Waals surface area (Å²) in [6.07, 6.45) is 5.51. The number of pyridine rings is 1. The third-order valence-corrected chi connectivity index (χ3v) is 3.49. The van der Waals surface area contributed by atoms with Crippen LogP contribution in [0.1, 0.15) is 41.7 Å². The van der Waals surface area contributed by atoms with Gasteiger partial charge in [-0.1, -0.05) is 12.8 Å². The second-order valence-corrected chi connectivity index (χ2v) is 4.74. The molecule has 1 saturated carbocycles. The van der Waals surface area contributed by atoms with Gasteiger partial charge < -0.3 is 10.4 Å². The van der Waals surface area contributed by atoms with Gasteiger partial charge in [-0.2, -0.15) is 0 Å². The van der Waals surface area contributed by atoms with Crippen LogP contribution < -0.4 is 5.32 Å². The molecule has 1 aliphatic rings. The predicted molar refractivity (Wildman–Crippen MR) is 64.7 cm³/mol. The summed E-state index contributed by atoms with van der Waals surface area (Å²) in [5.41, 5.74) is 0.891. The number of aryl methyl sites for hydroxylation is 1. The Bertz CT molecular complexity index is 412. The Kier molecular flexibility index (Phi) is 3.43. The number of nitrogens with one attached hydrogen (secondary N) is 1. The van der Waals surface area contributed by atoms with Crippen molar-refractivity contribution in [1.29, 1.82) is 0 Å². The van der Waals surface area contributed by atoms with Crippen LogP contribution in [0.25, 0.3) is 0 Å². The highest BCUT2D eigenvalue weighted by atomic mass is 16.3. The van der Waals surface area contributed by atoms with Crippen LogP contribution in [-0.2, 0) is 0 Å². The fourth-order valence-corrected chi connectivity index (χ4v) is 2.41. The van der Waals surface area contributed by atoms with E-state index in [9.17, 15) is 9.90 Å². The first-order valence-corrected chi connectivity index (χ1v) is 6.02. The van der Waals surface area contributed by atoms with Crippen molar-refractivity contribution in [1.82, 2.24) is 10.3 Å². The molecule has 2 N–H and O–H groups in total. The number of carbonyl (C=O) groups excluding carboxylic acids is 1. The SMILES string of the molecule is Cc1ncccc1C(=O)NC1(CO)CCCC1. The summed E-state index contributed by atoms with van der Waals surface area (Å²) >= 11 is 0. The second-order valence-electron chi connectivity index (χ2n) is 4.74. The number of aromatic nitrogens is 1. The summed E-state index contributed by atoms with van der Waals surface area (Å²) in [6.45, 7) is 1.83. The molecular weight excluding hydrogens is 216 g/mol. The standard InChI is InChI=1S/C13H18N2O2/c1-10-11(5-4-8-14-10)12(17)15-13(9-16)6-2-3-7-13/h4-5,8,16H,2-3,6-7,9H2,1H3,(H,15,17). The van der Waals surface area contributed by atoms with Crippen molar-refractivity contribution in [2.24, 2.45) is 0 Å². The first-order valence-electron chi connectivity index (χ1n) is 6.02. The van der Waals surface area contributed by atoms with Crippen LogP contribution in [0, 0.1) is 6.92 Å². The molecule has 1 aromatic rings. The van der Waals surface area contributed by atoms with E-state index in [-0.39, 0.29) is 12.5 Å². The van der Waals surface area contributed by atoms with Gasteiger partial charge in [0.25, 0.3) is 5.91 Å². The van der Waals surface area contributed by atoms with E-state index in [0.29, 0.717) is 5.56 Å². The van der Waals surface area contributed by atoms with Crippen molar-refractivity contribution < 1.29 is 9.90 Å². The van der Waals surface area contributed by atoms with Crippen LogP contribution in [0.4, 0.5) is 0 Å². The Balaban J connectivity index is 2.14. The maximum Gasteiger partial charge on any atom is 0.253 e. The predicted octanol–water partition coefficient (Wildman–Crippen LogP) is 1.42. The summed E-state index contributed by atoms with van der Waals surface area (Å²) < 4.78 is 0. The summed E-state index contributed by atoms with van der Waals surface area (Å²) in [4.78, 5) is 16.2. The minimum absolute atomic E-state index is 0.0120. The van der Waals surface area contributed by atoms with Gasteiger partial charge in [0.05, 0.1) is 17.7 Å². The molecule has 0 unspecified atom stereocenters. The van der Waals surface area contributed by atoms with E-state index in [4.69, 9.17) is 0 Å². The molecule has 0 saturated heterocycles. The number of aliphatic hydroxyl groups is 1. The fraction of sp³-hybridized carbons (Fsp3) is 0.538. The van der Waals surface area contributed by atoms with E-state index < -0.39 is 5.54 Å². The van der Waals surface area contributed by atoms with Crippen molar-refractivity contribution in [3.8, 4) is 0 Å². The summed E-state index contributed by atoms with van der Waals surface area (Å²) in [5, 5.41) is 12.4. The van der Waals surface area contributed by atoms with Gasteiger partial charge >= 0.3 is 0 Å². The van der Waals surface area contributed by atoms with E-state index in [0.717, 1.165) is 31.4 Å². The molecule has 0 aliphatic heterocycles. The molecule has 1 amide bonds. The summed E-state index contributed by atoms with van der Waals surface area (Å²) in [5.74, 6) is -0.133. The molecule has 1 aliphatic carbocycles. The van der Waals surface area contributed by atoms with Gasteiger partial charge in [-0.15, -0.1) is 0 Å². The summed E-state index contributed by atoms with van der Waals surface area (Å²) in [7, 11) is 0. The zero-order chi connectivity index (χ0) is 12.3. The normalized spacial score (nSPS) is 18.0. The van der Waals surface area contributed by atoms with Gasteiger partial charge in [0.15, 0.2) is 0 Å². The molecule has 0 radical (unpaired) electrons. The first-order chi connectivity index (χ1) is 8.17. The Hall–Kier alpha value is -1.42. The van der Waals surface area contributed by atoms with Gasteiger partial charge in [-0.25, -0.2) is 0 Å². The van der Waals surface area contributed by atoms with Crippen LogP contribution >= 0.6 is 0 Å². The highest BCUT2D eigenvalue weighted by Crippen LogP contribution is 2.29. The van der Waals surface area contributed by atoms with Crippen molar-refractivity contribution in [3.05, 3.63) is 29.6 Å². The van der Waals surface area contributed by atoms with Crippen molar-refractivity contribution in [2.75, 3.05) is 6.61 Å². The zero-order valence-corrected chi connectivity index (χ0v) is 10.1. The number of hydrogen-bond acceptors (Lipinski definition) is 3. The van der Waals surface area contributed by atoms with E-state index >= 15 is 0 Å². The second kappa shape index (κ2) is 4.84. The van der Waals surface area contributed by atoms with Crippen molar-refractivity contribution in [2.45, 2.75) is 38.1 Å².